The zero-order valence-corrected chi connectivity index (χ0v) is 11.8. The van der Waals surface area contributed by atoms with Crippen LogP contribution in [-0.4, -0.2) is 16.8 Å². The van der Waals surface area contributed by atoms with E-state index < -0.39 is 17.0 Å². The largest absolute Gasteiger partial charge is 0.409 e. The van der Waals surface area contributed by atoms with Crippen molar-refractivity contribution in [1.82, 2.24) is 0 Å². The van der Waals surface area contributed by atoms with Gasteiger partial charge in [-0.3, -0.25) is 0 Å². The van der Waals surface area contributed by atoms with Gasteiger partial charge in [0.15, 0.2) is 0 Å². The molecule has 0 saturated heterocycles. The van der Waals surface area contributed by atoms with Gasteiger partial charge in [-0.05, 0) is 36.8 Å². The molecule has 0 bridgehead atoms. The molecular weight excluding hydrogens is 270 g/mol. The second-order valence-electron chi connectivity index (χ2n) is 4.90. The zero-order chi connectivity index (χ0) is 14.5. The molecule has 0 saturated carbocycles. The van der Waals surface area contributed by atoms with Crippen molar-refractivity contribution in [2.24, 2.45) is 16.3 Å². The third-order valence-electron chi connectivity index (χ3n) is 2.90. The molecule has 0 aliphatic heterocycles. The summed E-state index contributed by atoms with van der Waals surface area (Å²) in [6, 6.07) is 3.41. The summed E-state index contributed by atoms with van der Waals surface area (Å²) in [7, 11) is 0. The second-order valence-corrected chi connectivity index (χ2v) is 6.03. The third kappa shape index (κ3) is 4.70. The van der Waals surface area contributed by atoms with Crippen LogP contribution in [0.25, 0.3) is 0 Å². The lowest BCUT2D eigenvalue weighted by atomic mass is 9.87. The topological polar surface area (TPSA) is 58.6 Å². The summed E-state index contributed by atoms with van der Waals surface area (Å²) in [6.45, 7) is 3.74. The molecule has 0 heterocycles. The summed E-state index contributed by atoms with van der Waals surface area (Å²) in [5, 5.41) is 11.6. The van der Waals surface area contributed by atoms with Crippen molar-refractivity contribution in [2.75, 3.05) is 5.75 Å². The Morgan fingerprint density at radius 2 is 2.11 bits per heavy atom. The monoisotopic (exact) mass is 288 g/mol. The number of nitrogens with two attached hydrogens (primary N) is 1. The fourth-order valence-electron chi connectivity index (χ4n) is 1.55. The Kier molecular flexibility index (Phi) is 5.60. The van der Waals surface area contributed by atoms with E-state index in [9.17, 15) is 8.78 Å². The maximum Gasteiger partial charge on any atom is 0.144 e. The number of benzene rings is 1. The molecule has 0 amide bonds. The second kappa shape index (κ2) is 6.75. The number of amidine groups is 1. The summed E-state index contributed by atoms with van der Waals surface area (Å²) < 4.78 is 26.3. The highest BCUT2D eigenvalue weighted by Gasteiger charge is 2.22. The molecule has 0 fully saturated rings. The number of halogens is 2. The summed E-state index contributed by atoms with van der Waals surface area (Å²) in [4.78, 5) is 0.307. The Bertz CT molecular complexity index is 464. The van der Waals surface area contributed by atoms with E-state index in [1.54, 1.807) is 0 Å². The minimum Gasteiger partial charge on any atom is -0.409 e. The van der Waals surface area contributed by atoms with E-state index in [4.69, 9.17) is 10.9 Å². The van der Waals surface area contributed by atoms with E-state index in [2.05, 4.69) is 5.16 Å². The van der Waals surface area contributed by atoms with E-state index >= 15 is 0 Å². The van der Waals surface area contributed by atoms with Crippen LogP contribution in [0.3, 0.4) is 0 Å². The zero-order valence-electron chi connectivity index (χ0n) is 11.0. The van der Waals surface area contributed by atoms with Crippen LogP contribution in [0.2, 0.25) is 0 Å². The summed E-state index contributed by atoms with van der Waals surface area (Å²) >= 11 is 1.26. The van der Waals surface area contributed by atoms with E-state index in [0.29, 0.717) is 17.1 Å². The minimum atomic E-state index is -0.444. The average molecular weight is 288 g/mol. The molecule has 0 aliphatic rings. The van der Waals surface area contributed by atoms with Crippen molar-refractivity contribution < 1.29 is 14.0 Å². The molecule has 1 aromatic rings. The van der Waals surface area contributed by atoms with Gasteiger partial charge in [0, 0.05) is 10.3 Å². The first kappa shape index (κ1) is 15.8. The molecule has 0 aromatic heterocycles. The lowest BCUT2D eigenvalue weighted by Gasteiger charge is -2.22. The number of nitrogens with zero attached hydrogens (tertiary/aromatic N) is 1. The predicted molar refractivity (Wildman–Crippen MR) is 73.5 cm³/mol. The molecule has 3 nitrogen and oxygen atoms in total. The van der Waals surface area contributed by atoms with E-state index in [1.807, 2.05) is 13.8 Å². The number of oxime groups is 1. The summed E-state index contributed by atoms with van der Waals surface area (Å²) in [5.41, 5.74) is 5.16. The molecule has 106 valence electrons. The SMILES string of the molecule is CC(C)(CCCSc1cc(F)ccc1F)C(N)=NO. The lowest BCUT2D eigenvalue weighted by molar-refractivity contribution is 0.305. The summed E-state index contributed by atoms with van der Waals surface area (Å²) in [6.07, 6.45) is 1.46. The molecular formula is C13H18F2N2OS. The third-order valence-corrected chi connectivity index (χ3v) is 4.01. The van der Waals surface area contributed by atoms with Crippen LogP contribution in [0.15, 0.2) is 28.3 Å². The van der Waals surface area contributed by atoms with Crippen LogP contribution in [0.1, 0.15) is 26.7 Å². The van der Waals surface area contributed by atoms with Gasteiger partial charge in [0.05, 0.1) is 0 Å². The van der Waals surface area contributed by atoms with Crippen molar-refractivity contribution in [3.63, 3.8) is 0 Å². The fourth-order valence-corrected chi connectivity index (χ4v) is 2.46. The van der Waals surface area contributed by atoms with Crippen molar-refractivity contribution in [1.29, 1.82) is 0 Å². The van der Waals surface area contributed by atoms with Crippen molar-refractivity contribution >= 4 is 17.6 Å². The average Bonchev–Trinajstić information content (AvgIpc) is 2.37. The molecule has 0 atom stereocenters. The Hall–Kier alpha value is -1.30. The summed E-state index contributed by atoms with van der Waals surface area (Å²) in [5.74, 6) is -0.0416. The first-order chi connectivity index (χ1) is 8.86. The highest BCUT2D eigenvalue weighted by molar-refractivity contribution is 7.99. The molecule has 1 aromatic carbocycles. The van der Waals surface area contributed by atoms with E-state index in [-0.39, 0.29) is 5.84 Å². The van der Waals surface area contributed by atoms with Crippen LogP contribution in [0.5, 0.6) is 0 Å². The van der Waals surface area contributed by atoms with Crippen LogP contribution >= 0.6 is 11.8 Å². The first-order valence-corrected chi connectivity index (χ1v) is 6.91. The van der Waals surface area contributed by atoms with Gasteiger partial charge in [0.1, 0.15) is 17.5 Å². The molecule has 1 rings (SSSR count). The quantitative estimate of drug-likeness (QED) is 0.210. The number of rotatable bonds is 6. The maximum atomic E-state index is 13.4. The van der Waals surface area contributed by atoms with E-state index in [1.165, 1.54) is 17.8 Å². The molecule has 0 aliphatic carbocycles. The smallest absolute Gasteiger partial charge is 0.144 e. The predicted octanol–water partition coefficient (Wildman–Crippen LogP) is 3.61. The van der Waals surface area contributed by atoms with Gasteiger partial charge in [-0.15, -0.1) is 11.8 Å². The minimum absolute atomic E-state index is 0.175. The number of hydrogen-bond acceptors (Lipinski definition) is 3. The first-order valence-electron chi connectivity index (χ1n) is 5.92. The Balaban J connectivity index is 2.45. The standard InChI is InChI=1S/C13H18F2N2OS/c1-13(2,12(16)17-18)6-3-7-19-11-8-9(14)4-5-10(11)15/h4-5,8,18H,3,6-7H2,1-2H3,(H2,16,17). The van der Waals surface area contributed by atoms with Crippen molar-refractivity contribution in [2.45, 2.75) is 31.6 Å². The van der Waals surface area contributed by atoms with E-state index in [0.717, 1.165) is 18.6 Å². The van der Waals surface area contributed by atoms with Gasteiger partial charge >= 0.3 is 0 Å². The molecule has 0 unspecified atom stereocenters. The molecule has 0 radical (unpaired) electrons. The number of hydrogen-bond donors (Lipinski definition) is 2. The molecule has 3 N–H and O–H groups in total. The normalized spacial score (nSPS) is 12.7. The van der Waals surface area contributed by atoms with Crippen LogP contribution in [0, 0.1) is 17.0 Å². The van der Waals surface area contributed by atoms with Gasteiger partial charge in [-0.25, -0.2) is 8.78 Å². The Morgan fingerprint density at radius 1 is 1.42 bits per heavy atom. The van der Waals surface area contributed by atoms with Gasteiger partial charge in [0.25, 0.3) is 0 Å². The Morgan fingerprint density at radius 3 is 2.74 bits per heavy atom. The molecule has 6 heteroatoms. The van der Waals surface area contributed by atoms with Crippen LogP contribution in [-0.2, 0) is 0 Å². The lowest BCUT2D eigenvalue weighted by Crippen LogP contribution is -2.31. The molecule has 0 spiro atoms. The Labute approximate surface area is 115 Å². The van der Waals surface area contributed by atoms with Crippen LogP contribution < -0.4 is 5.73 Å². The molecule has 19 heavy (non-hydrogen) atoms. The van der Waals surface area contributed by atoms with Gasteiger partial charge in [-0.2, -0.15) is 0 Å². The van der Waals surface area contributed by atoms with Gasteiger partial charge in [-0.1, -0.05) is 19.0 Å². The highest BCUT2D eigenvalue weighted by Crippen LogP contribution is 2.27. The maximum absolute atomic E-state index is 13.4. The van der Waals surface area contributed by atoms with Crippen molar-refractivity contribution in [3.8, 4) is 0 Å². The van der Waals surface area contributed by atoms with Gasteiger partial charge in [0.2, 0.25) is 0 Å². The number of thioether (sulfide) groups is 1. The van der Waals surface area contributed by atoms with Gasteiger partial charge < -0.3 is 10.9 Å². The van der Waals surface area contributed by atoms with Crippen molar-refractivity contribution in [3.05, 3.63) is 29.8 Å². The fraction of sp³-hybridized carbons (Fsp3) is 0.462. The highest BCUT2D eigenvalue weighted by atomic mass is 32.2. The van der Waals surface area contributed by atoms with Crippen LogP contribution in [0.4, 0.5) is 8.78 Å².